The van der Waals surface area contributed by atoms with Crippen LogP contribution in [0.3, 0.4) is 0 Å². The van der Waals surface area contributed by atoms with Gasteiger partial charge in [0.25, 0.3) is 0 Å². The first-order chi connectivity index (χ1) is 18.5. The van der Waals surface area contributed by atoms with Crippen molar-refractivity contribution in [2.45, 2.75) is 10.5 Å². The third-order valence-electron chi connectivity index (χ3n) is 5.91. The Balaban J connectivity index is 1.88. The van der Waals surface area contributed by atoms with Gasteiger partial charge in [-0.05, 0) is 70.8 Å². The minimum atomic E-state index is -4.08. The summed E-state index contributed by atoms with van der Waals surface area (Å²) >= 11 is 37.4. The fraction of sp³-hybridized carbons (Fsp3) is 0.0667. The van der Waals surface area contributed by atoms with Crippen molar-refractivity contribution < 1.29 is 8.42 Å². The van der Waals surface area contributed by atoms with E-state index in [0.717, 1.165) is 11.1 Å². The van der Waals surface area contributed by atoms with Gasteiger partial charge in [-0.2, -0.15) is 0 Å². The Kier molecular flexibility index (Phi) is 10.1. The molecule has 0 aliphatic rings. The second-order valence-electron chi connectivity index (χ2n) is 8.58. The summed E-state index contributed by atoms with van der Waals surface area (Å²) in [6.07, 6.45) is 6.63. The molecule has 0 saturated carbocycles. The summed E-state index contributed by atoms with van der Waals surface area (Å²) in [5, 5.41) is 0.0692. The van der Waals surface area contributed by atoms with Gasteiger partial charge in [-0.15, -0.1) is 0 Å². The molecule has 2 unspecified atom stereocenters. The molecular formula is C30H20Cl6O2S. The number of benzene rings is 4. The van der Waals surface area contributed by atoms with E-state index < -0.39 is 20.3 Å². The van der Waals surface area contributed by atoms with Crippen LogP contribution in [0.4, 0.5) is 0 Å². The monoisotopic (exact) mass is 654 g/mol. The van der Waals surface area contributed by atoms with Gasteiger partial charge in [0.05, 0.1) is 0 Å². The van der Waals surface area contributed by atoms with E-state index in [-0.39, 0.29) is 10.0 Å². The van der Waals surface area contributed by atoms with Crippen LogP contribution in [0.25, 0.3) is 12.2 Å². The van der Waals surface area contributed by atoms with E-state index in [0.29, 0.717) is 31.2 Å². The van der Waals surface area contributed by atoms with Crippen LogP contribution in [0.2, 0.25) is 30.1 Å². The van der Waals surface area contributed by atoms with Gasteiger partial charge in [0.15, 0.2) is 9.84 Å². The lowest BCUT2D eigenvalue weighted by Gasteiger charge is -2.23. The van der Waals surface area contributed by atoms with Crippen LogP contribution in [-0.4, -0.2) is 8.42 Å². The maximum atomic E-state index is 14.5. The summed E-state index contributed by atoms with van der Waals surface area (Å²) in [5.74, 6) is 0. The molecule has 0 fully saturated rings. The quantitative estimate of drug-likeness (QED) is 0.189. The molecule has 4 aromatic rings. The number of halogens is 6. The molecule has 2 nitrogen and oxygen atoms in total. The van der Waals surface area contributed by atoms with Gasteiger partial charge in [0.1, 0.15) is 10.5 Å². The molecule has 0 aliphatic carbocycles. The van der Waals surface area contributed by atoms with Crippen LogP contribution in [0.1, 0.15) is 32.8 Å². The van der Waals surface area contributed by atoms with E-state index in [9.17, 15) is 8.42 Å². The normalized spacial score (nSPS) is 13.7. The Morgan fingerprint density at radius 1 is 0.487 bits per heavy atom. The van der Waals surface area contributed by atoms with Crippen molar-refractivity contribution in [3.05, 3.63) is 149 Å². The summed E-state index contributed by atoms with van der Waals surface area (Å²) in [4.78, 5) is 0. The number of rotatable bonds is 8. The zero-order valence-electron chi connectivity index (χ0n) is 20.0. The molecule has 4 rings (SSSR count). The molecule has 0 bridgehead atoms. The maximum Gasteiger partial charge on any atom is 0.171 e. The highest BCUT2D eigenvalue weighted by Crippen LogP contribution is 2.42. The second-order valence-corrected chi connectivity index (χ2v) is 13.3. The Labute approximate surface area is 258 Å². The number of hydrogen-bond donors (Lipinski definition) is 0. The molecule has 200 valence electrons. The molecule has 0 amide bonds. The average Bonchev–Trinajstić information content (AvgIpc) is 2.88. The first-order valence-electron chi connectivity index (χ1n) is 11.5. The smallest absolute Gasteiger partial charge is 0.171 e. The third kappa shape index (κ3) is 7.62. The van der Waals surface area contributed by atoms with Gasteiger partial charge in [0.2, 0.25) is 0 Å². The van der Waals surface area contributed by atoms with Crippen molar-refractivity contribution in [3.63, 3.8) is 0 Å². The highest BCUT2D eigenvalue weighted by atomic mass is 35.5. The Morgan fingerprint density at radius 2 is 0.821 bits per heavy atom. The van der Waals surface area contributed by atoms with Crippen molar-refractivity contribution in [1.29, 1.82) is 0 Å². The van der Waals surface area contributed by atoms with Crippen molar-refractivity contribution in [3.8, 4) is 0 Å². The predicted molar refractivity (Wildman–Crippen MR) is 168 cm³/mol. The molecule has 9 heteroatoms. The molecule has 0 radical (unpaired) electrons. The topological polar surface area (TPSA) is 34.1 Å². The minimum Gasteiger partial charge on any atom is -0.227 e. The van der Waals surface area contributed by atoms with E-state index in [1.165, 1.54) is 12.1 Å². The van der Waals surface area contributed by atoms with Crippen molar-refractivity contribution in [2.75, 3.05) is 0 Å². The highest BCUT2D eigenvalue weighted by Gasteiger charge is 2.35. The van der Waals surface area contributed by atoms with Crippen LogP contribution in [-0.2, 0) is 9.84 Å². The van der Waals surface area contributed by atoms with Crippen LogP contribution >= 0.6 is 69.6 Å². The standard InChI is InChI=1S/C30H20Cl6O2S/c31-21-7-1-19(2-8-21)5-15-29(25-13-11-23(33)17-27(25)35)39(37,38)30(26-14-12-24(34)18-28(26)36)16-6-20-3-9-22(32)10-4-20/h1-18,29-30H. The van der Waals surface area contributed by atoms with E-state index in [4.69, 9.17) is 69.6 Å². The van der Waals surface area contributed by atoms with E-state index in [1.54, 1.807) is 97.1 Å². The average molecular weight is 657 g/mol. The van der Waals surface area contributed by atoms with E-state index >= 15 is 0 Å². The summed E-state index contributed by atoms with van der Waals surface area (Å²) < 4.78 is 29.1. The Hall–Kier alpha value is -1.95. The maximum absolute atomic E-state index is 14.5. The van der Waals surface area contributed by atoms with Gasteiger partial charge in [-0.1, -0.05) is 130 Å². The first kappa shape index (κ1) is 30.0. The third-order valence-corrected chi connectivity index (χ3v) is 9.78. The largest absolute Gasteiger partial charge is 0.227 e. The lowest BCUT2D eigenvalue weighted by molar-refractivity contribution is 0.584. The fourth-order valence-electron chi connectivity index (χ4n) is 3.95. The molecule has 4 aromatic carbocycles. The molecule has 0 heterocycles. The lowest BCUT2D eigenvalue weighted by atomic mass is 10.1. The fourth-order valence-corrected chi connectivity index (χ4v) is 7.41. The van der Waals surface area contributed by atoms with Gasteiger partial charge in [-0.3, -0.25) is 0 Å². The molecule has 0 saturated heterocycles. The van der Waals surface area contributed by atoms with Crippen LogP contribution in [0, 0.1) is 0 Å². The van der Waals surface area contributed by atoms with Crippen molar-refractivity contribution in [2.24, 2.45) is 0 Å². The molecule has 2 atom stereocenters. The summed E-state index contributed by atoms with van der Waals surface area (Å²) in [5.41, 5.74) is 2.28. The predicted octanol–water partition coefficient (Wildman–Crippen LogP) is 11.2. The summed E-state index contributed by atoms with van der Waals surface area (Å²) in [7, 11) is -4.08. The molecular weight excluding hydrogens is 637 g/mol. The molecule has 0 aliphatic heterocycles. The molecule has 0 spiro atoms. The highest BCUT2D eigenvalue weighted by molar-refractivity contribution is 7.92. The van der Waals surface area contributed by atoms with Gasteiger partial charge in [0, 0.05) is 30.1 Å². The van der Waals surface area contributed by atoms with Gasteiger partial charge < -0.3 is 0 Å². The molecule has 0 aromatic heterocycles. The molecule has 0 N–H and O–H groups in total. The van der Waals surface area contributed by atoms with Gasteiger partial charge >= 0.3 is 0 Å². The van der Waals surface area contributed by atoms with Gasteiger partial charge in [-0.25, -0.2) is 8.42 Å². The van der Waals surface area contributed by atoms with E-state index in [1.807, 2.05) is 0 Å². The first-order valence-corrected chi connectivity index (χ1v) is 15.4. The minimum absolute atomic E-state index is 0.222. The molecule has 39 heavy (non-hydrogen) atoms. The van der Waals surface area contributed by atoms with Crippen LogP contribution in [0.5, 0.6) is 0 Å². The van der Waals surface area contributed by atoms with Crippen molar-refractivity contribution in [1.82, 2.24) is 0 Å². The van der Waals surface area contributed by atoms with Crippen molar-refractivity contribution >= 4 is 91.6 Å². The zero-order valence-corrected chi connectivity index (χ0v) is 25.4. The van der Waals surface area contributed by atoms with Crippen LogP contribution in [0.15, 0.2) is 97.1 Å². The summed E-state index contributed by atoms with van der Waals surface area (Å²) in [6.45, 7) is 0. The Morgan fingerprint density at radius 3 is 1.15 bits per heavy atom. The lowest BCUT2D eigenvalue weighted by Crippen LogP contribution is -2.19. The summed E-state index contributed by atoms with van der Waals surface area (Å²) in [6, 6.07) is 23.6. The van der Waals surface area contributed by atoms with Crippen LogP contribution < -0.4 is 0 Å². The second kappa shape index (κ2) is 13.1. The SMILES string of the molecule is O=S(=O)(C(C=Cc1ccc(Cl)cc1)c1ccc(Cl)cc1Cl)C(C=Cc1ccc(Cl)cc1)c1ccc(Cl)cc1Cl. The Bertz CT molecular complexity index is 1510. The zero-order chi connectivity index (χ0) is 28.2. The number of sulfone groups is 1. The number of hydrogen-bond acceptors (Lipinski definition) is 2. The van der Waals surface area contributed by atoms with E-state index in [2.05, 4.69) is 0 Å².